The number of aromatic nitrogens is 1. The fourth-order valence-electron chi connectivity index (χ4n) is 4.22. The molecule has 2 fully saturated rings. The lowest BCUT2D eigenvalue weighted by molar-refractivity contribution is -0.133. The number of piperidine rings is 2. The van der Waals surface area contributed by atoms with Crippen molar-refractivity contribution in [3.63, 3.8) is 0 Å². The van der Waals surface area contributed by atoms with Crippen LogP contribution in [0.15, 0.2) is 22.6 Å². The summed E-state index contributed by atoms with van der Waals surface area (Å²) in [5.74, 6) is 1.20. The zero-order valence-corrected chi connectivity index (χ0v) is 18.8. The van der Waals surface area contributed by atoms with E-state index in [0.717, 1.165) is 63.9 Å². The Bertz CT molecular complexity index is 808. The number of rotatable bonds is 4. The molecule has 1 aromatic heterocycles. The maximum Gasteiger partial charge on any atom is 0.298 e. The molecule has 1 unspecified atom stereocenters. The second-order valence-electron chi connectivity index (χ2n) is 7.83. The van der Waals surface area contributed by atoms with E-state index in [9.17, 15) is 4.79 Å². The van der Waals surface area contributed by atoms with Crippen LogP contribution < -0.4 is 10.6 Å². The summed E-state index contributed by atoms with van der Waals surface area (Å²) < 4.78 is 5.91. The molecule has 9 heteroatoms. The maximum atomic E-state index is 12.7. The van der Waals surface area contributed by atoms with Crippen LogP contribution in [-0.2, 0) is 4.79 Å². The predicted octanol–water partition coefficient (Wildman–Crippen LogP) is 4.13. The van der Waals surface area contributed by atoms with Gasteiger partial charge >= 0.3 is 0 Å². The molecule has 1 amide bonds. The number of carbonyl (C=O) groups excluding carboxylic acids is 1. The van der Waals surface area contributed by atoms with Gasteiger partial charge in [-0.15, -0.1) is 24.8 Å². The molecular formula is C20H29Cl3N4O2. The van der Waals surface area contributed by atoms with Crippen LogP contribution in [-0.4, -0.2) is 48.5 Å². The number of amides is 1. The smallest absolute Gasteiger partial charge is 0.298 e. The minimum atomic E-state index is 0. The number of halogens is 3. The van der Waals surface area contributed by atoms with Gasteiger partial charge in [-0.05, 0) is 56.2 Å². The summed E-state index contributed by atoms with van der Waals surface area (Å²) in [4.78, 5) is 21.5. The standard InChI is InChI=1S/C20H27ClN4O2.2ClH/c21-16-3-4-17-18(11-16)27-20(23-17)25-7-1-2-15(13-25)10-19(26)24-8-5-14(12-22)6-9-24;;/h3-4,11,14-15H,1-2,5-10,12-13,22H2;2*1H. The molecule has 29 heavy (non-hydrogen) atoms. The highest BCUT2D eigenvalue weighted by Crippen LogP contribution is 2.29. The number of likely N-dealkylation sites (tertiary alicyclic amines) is 1. The van der Waals surface area contributed by atoms with Gasteiger partial charge in [-0.2, -0.15) is 4.98 Å². The van der Waals surface area contributed by atoms with Gasteiger partial charge in [-0.3, -0.25) is 4.79 Å². The number of anilines is 1. The summed E-state index contributed by atoms with van der Waals surface area (Å²) in [7, 11) is 0. The van der Waals surface area contributed by atoms with Gasteiger partial charge < -0.3 is 20.0 Å². The number of carbonyl (C=O) groups is 1. The molecule has 2 saturated heterocycles. The van der Waals surface area contributed by atoms with Gasteiger partial charge in [0.05, 0.1) is 0 Å². The molecule has 0 radical (unpaired) electrons. The lowest BCUT2D eigenvalue weighted by Gasteiger charge is -2.35. The third-order valence-electron chi connectivity index (χ3n) is 5.89. The maximum absolute atomic E-state index is 12.7. The fraction of sp³-hybridized carbons (Fsp3) is 0.600. The van der Waals surface area contributed by atoms with Crippen LogP contribution in [0.3, 0.4) is 0 Å². The van der Waals surface area contributed by atoms with Gasteiger partial charge in [0.25, 0.3) is 6.01 Å². The van der Waals surface area contributed by atoms with Crippen LogP contribution in [0.4, 0.5) is 6.01 Å². The molecule has 162 valence electrons. The highest BCUT2D eigenvalue weighted by atomic mass is 35.5. The minimum Gasteiger partial charge on any atom is -0.423 e. The van der Waals surface area contributed by atoms with E-state index < -0.39 is 0 Å². The van der Waals surface area contributed by atoms with Gasteiger partial charge in [0.2, 0.25) is 5.91 Å². The molecule has 6 nitrogen and oxygen atoms in total. The lowest BCUT2D eigenvalue weighted by atomic mass is 9.93. The first kappa shape index (κ1) is 24.1. The highest BCUT2D eigenvalue weighted by Gasteiger charge is 2.28. The van der Waals surface area contributed by atoms with Crippen LogP contribution in [0.1, 0.15) is 32.1 Å². The lowest BCUT2D eigenvalue weighted by Crippen LogP contribution is -2.43. The average molecular weight is 464 g/mol. The molecule has 3 heterocycles. The first-order valence-electron chi connectivity index (χ1n) is 9.91. The molecule has 2 aromatic rings. The van der Waals surface area contributed by atoms with E-state index in [-0.39, 0.29) is 30.7 Å². The van der Waals surface area contributed by atoms with E-state index >= 15 is 0 Å². The monoisotopic (exact) mass is 462 g/mol. The Morgan fingerprint density at radius 1 is 1.17 bits per heavy atom. The molecule has 0 bridgehead atoms. The predicted molar refractivity (Wildman–Crippen MR) is 121 cm³/mol. The fourth-order valence-corrected chi connectivity index (χ4v) is 4.38. The summed E-state index contributed by atoms with van der Waals surface area (Å²) in [5.41, 5.74) is 7.27. The van der Waals surface area contributed by atoms with Crippen molar-refractivity contribution < 1.29 is 9.21 Å². The number of hydrogen-bond acceptors (Lipinski definition) is 5. The van der Waals surface area contributed by atoms with E-state index in [1.807, 2.05) is 17.0 Å². The van der Waals surface area contributed by atoms with Gasteiger partial charge in [-0.1, -0.05) is 11.6 Å². The van der Waals surface area contributed by atoms with Crippen LogP contribution >= 0.6 is 36.4 Å². The zero-order valence-electron chi connectivity index (χ0n) is 16.4. The van der Waals surface area contributed by atoms with Gasteiger partial charge in [0, 0.05) is 43.7 Å². The average Bonchev–Trinajstić information content (AvgIpc) is 3.11. The van der Waals surface area contributed by atoms with Crippen molar-refractivity contribution >= 4 is 59.4 Å². The molecule has 2 aliphatic rings. The molecule has 4 rings (SSSR count). The Kier molecular flexibility index (Phi) is 8.89. The van der Waals surface area contributed by atoms with Crippen molar-refractivity contribution in [1.82, 2.24) is 9.88 Å². The largest absolute Gasteiger partial charge is 0.423 e. The van der Waals surface area contributed by atoms with E-state index in [4.69, 9.17) is 21.8 Å². The van der Waals surface area contributed by atoms with E-state index in [1.54, 1.807) is 6.07 Å². The summed E-state index contributed by atoms with van der Waals surface area (Å²) in [6, 6.07) is 6.12. The van der Waals surface area contributed by atoms with Crippen LogP contribution in [0.2, 0.25) is 5.02 Å². The van der Waals surface area contributed by atoms with Crippen molar-refractivity contribution in [2.75, 3.05) is 37.6 Å². The normalized spacial score (nSPS) is 20.3. The van der Waals surface area contributed by atoms with Gasteiger partial charge in [0.1, 0.15) is 5.52 Å². The van der Waals surface area contributed by atoms with Crippen molar-refractivity contribution in [2.45, 2.75) is 32.1 Å². The third kappa shape index (κ3) is 5.69. The molecule has 0 aliphatic carbocycles. The van der Waals surface area contributed by atoms with E-state index in [0.29, 0.717) is 34.9 Å². The van der Waals surface area contributed by atoms with Crippen LogP contribution in [0, 0.1) is 11.8 Å². The highest BCUT2D eigenvalue weighted by molar-refractivity contribution is 6.31. The number of fused-ring (bicyclic) bond motifs is 1. The molecule has 1 aromatic carbocycles. The minimum absolute atomic E-state index is 0. The van der Waals surface area contributed by atoms with Crippen LogP contribution in [0.25, 0.3) is 11.1 Å². The Morgan fingerprint density at radius 3 is 2.66 bits per heavy atom. The second-order valence-corrected chi connectivity index (χ2v) is 8.26. The summed E-state index contributed by atoms with van der Waals surface area (Å²) >= 11 is 6.04. The first-order valence-corrected chi connectivity index (χ1v) is 10.3. The zero-order chi connectivity index (χ0) is 18.8. The SMILES string of the molecule is Cl.Cl.NCC1CCN(C(=O)CC2CCCN(c3nc4ccc(Cl)cc4o3)C2)CC1. The summed E-state index contributed by atoms with van der Waals surface area (Å²) in [6.45, 7) is 4.15. The van der Waals surface area contributed by atoms with Crippen molar-refractivity contribution in [1.29, 1.82) is 0 Å². The Morgan fingerprint density at radius 2 is 1.93 bits per heavy atom. The number of oxazole rings is 1. The van der Waals surface area contributed by atoms with Crippen LogP contribution in [0.5, 0.6) is 0 Å². The Hall–Kier alpha value is -1.21. The number of hydrogen-bond donors (Lipinski definition) is 1. The number of nitrogens with zero attached hydrogens (tertiary/aromatic N) is 3. The van der Waals surface area contributed by atoms with E-state index in [1.165, 1.54) is 0 Å². The molecule has 0 spiro atoms. The quantitative estimate of drug-likeness (QED) is 0.738. The summed E-state index contributed by atoms with van der Waals surface area (Å²) in [5, 5.41) is 0.644. The van der Waals surface area contributed by atoms with Crippen molar-refractivity contribution in [2.24, 2.45) is 17.6 Å². The number of benzene rings is 1. The first-order chi connectivity index (χ1) is 13.1. The Labute approximate surface area is 188 Å². The van der Waals surface area contributed by atoms with Gasteiger partial charge in [0.15, 0.2) is 5.58 Å². The van der Waals surface area contributed by atoms with Crippen molar-refractivity contribution in [3.05, 3.63) is 23.2 Å². The molecular weight excluding hydrogens is 435 g/mol. The molecule has 1 atom stereocenters. The van der Waals surface area contributed by atoms with Crippen molar-refractivity contribution in [3.8, 4) is 0 Å². The third-order valence-corrected chi connectivity index (χ3v) is 6.13. The molecule has 2 aliphatic heterocycles. The Balaban J connectivity index is 0.00000150. The topological polar surface area (TPSA) is 75.6 Å². The summed E-state index contributed by atoms with van der Waals surface area (Å²) in [6.07, 6.45) is 4.80. The molecule has 0 saturated carbocycles. The van der Waals surface area contributed by atoms with Gasteiger partial charge in [-0.25, -0.2) is 0 Å². The number of nitrogens with two attached hydrogens (primary N) is 1. The van der Waals surface area contributed by atoms with E-state index in [2.05, 4.69) is 9.88 Å². The second kappa shape index (κ2) is 10.7. The molecule has 2 N–H and O–H groups in total.